The van der Waals surface area contributed by atoms with E-state index < -0.39 is 0 Å². The van der Waals surface area contributed by atoms with Gasteiger partial charge in [-0.05, 0) is 82.9 Å². The molecule has 7 aromatic rings. The van der Waals surface area contributed by atoms with Crippen molar-refractivity contribution < 1.29 is 0 Å². The molecule has 0 saturated carbocycles. The van der Waals surface area contributed by atoms with Crippen LogP contribution < -0.4 is 0 Å². The van der Waals surface area contributed by atoms with E-state index in [0.29, 0.717) is 0 Å². The number of hydrogen-bond donors (Lipinski definition) is 0. The van der Waals surface area contributed by atoms with E-state index in [9.17, 15) is 0 Å². The van der Waals surface area contributed by atoms with Crippen LogP contribution in [0.1, 0.15) is 25.1 Å². The van der Waals surface area contributed by atoms with Crippen molar-refractivity contribution in [1.82, 2.24) is 19.5 Å². The molecule has 4 heteroatoms. The Morgan fingerprint density at radius 2 is 1.21 bits per heavy atom. The number of hydrogen-bond acceptors (Lipinski definition) is 3. The van der Waals surface area contributed by atoms with Crippen LogP contribution in [-0.2, 0) is 5.41 Å². The molecule has 3 aromatic carbocycles. The molecule has 0 spiro atoms. The predicted octanol–water partition coefficient (Wildman–Crippen LogP) is 9.12. The molecule has 42 heavy (non-hydrogen) atoms. The van der Waals surface area contributed by atoms with Crippen LogP contribution in [0.2, 0.25) is 0 Å². The standard InChI is InChI=1S/C38H28N4/c1-38(2)30-15-7-6-14-28(30)36-29-22-25(18-19-35(29)42(37(36)38)27-12-4-3-5-13-27)26-23-33(31-16-8-10-20-39-31)41-34(24-26)32-17-9-11-21-40-32/h3-24H,1-2H3. The lowest BCUT2D eigenvalue weighted by Gasteiger charge is -2.24. The van der Waals surface area contributed by atoms with Crippen molar-refractivity contribution in [2.24, 2.45) is 0 Å². The maximum absolute atomic E-state index is 4.98. The van der Waals surface area contributed by atoms with Crippen LogP contribution in [0.4, 0.5) is 0 Å². The summed E-state index contributed by atoms with van der Waals surface area (Å²) in [6.45, 7) is 4.69. The lowest BCUT2D eigenvalue weighted by Crippen LogP contribution is -2.19. The quantitative estimate of drug-likeness (QED) is 0.224. The molecule has 0 saturated heterocycles. The van der Waals surface area contributed by atoms with E-state index in [-0.39, 0.29) is 5.41 Å². The van der Waals surface area contributed by atoms with E-state index in [1.165, 1.54) is 39.0 Å². The van der Waals surface area contributed by atoms with Crippen molar-refractivity contribution in [3.05, 3.63) is 145 Å². The zero-order chi connectivity index (χ0) is 28.3. The van der Waals surface area contributed by atoms with Crippen LogP contribution in [0.3, 0.4) is 0 Å². The number of benzene rings is 3. The molecule has 200 valence electrons. The van der Waals surface area contributed by atoms with E-state index in [4.69, 9.17) is 4.98 Å². The van der Waals surface area contributed by atoms with Crippen LogP contribution in [-0.4, -0.2) is 19.5 Å². The first-order valence-corrected chi connectivity index (χ1v) is 14.3. The van der Waals surface area contributed by atoms with E-state index in [0.717, 1.165) is 33.9 Å². The van der Waals surface area contributed by atoms with Gasteiger partial charge in [-0.3, -0.25) is 9.97 Å². The van der Waals surface area contributed by atoms with Gasteiger partial charge in [0.1, 0.15) is 0 Å². The molecule has 0 fully saturated rings. The SMILES string of the molecule is CC1(C)c2ccccc2-c2c1n(-c1ccccc1)c1ccc(-c3cc(-c4ccccn4)nc(-c4ccccn4)c3)cc21. The maximum atomic E-state index is 4.98. The molecule has 8 rings (SSSR count). The molecule has 0 bridgehead atoms. The number of aromatic nitrogens is 4. The third-order valence-electron chi connectivity index (χ3n) is 8.46. The van der Waals surface area contributed by atoms with Gasteiger partial charge in [-0.15, -0.1) is 0 Å². The number of nitrogens with zero attached hydrogens (tertiary/aromatic N) is 4. The van der Waals surface area contributed by atoms with Gasteiger partial charge in [0.15, 0.2) is 0 Å². The third kappa shape index (κ3) is 3.72. The molecule has 0 radical (unpaired) electrons. The van der Waals surface area contributed by atoms with Gasteiger partial charge in [0.2, 0.25) is 0 Å². The topological polar surface area (TPSA) is 43.6 Å². The monoisotopic (exact) mass is 540 g/mol. The second-order valence-electron chi connectivity index (χ2n) is 11.4. The highest BCUT2D eigenvalue weighted by Crippen LogP contribution is 2.54. The molecule has 1 aliphatic carbocycles. The summed E-state index contributed by atoms with van der Waals surface area (Å²) >= 11 is 0. The molecule has 0 N–H and O–H groups in total. The van der Waals surface area contributed by atoms with E-state index in [2.05, 4.69) is 113 Å². The van der Waals surface area contributed by atoms with Gasteiger partial charge in [0, 0.05) is 40.1 Å². The third-order valence-corrected chi connectivity index (χ3v) is 8.46. The zero-order valence-corrected chi connectivity index (χ0v) is 23.5. The summed E-state index contributed by atoms with van der Waals surface area (Å²) in [7, 11) is 0. The Kier molecular flexibility index (Phi) is 5.44. The van der Waals surface area contributed by atoms with Gasteiger partial charge in [-0.1, -0.05) is 74.5 Å². The Labute approximate surface area is 245 Å². The Hall–Kier alpha value is -5.35. The summed E-state index contributed by atoms with van der Waals surface area (Å²) in [5, 5.41) is 1.25. The first-order chi connectivity index (χ1) is 20.6. The Morgan fingerprint density at radius 1 is 0.571 bits per heavy atom. The lowest BCUT2D eigenvalue weighted by molar-refractivity contribution is 0.624. The van der Waals surface area contributed by atoms with Crippen LogP contribution in [0, 0.1) is 0 Å². The molecular formula is C38H28N4. The number of fused-ring (bicyclic) bond motifs is 5. The first kappa shape index (κ1) is 24.4. The predicted molar refractivity (Wildman–Crippen MR) is 171 cm³/mol. The van der Waals surface area contributed by atoms with Crippen LogP contribution in [0.25, 0.3) is 61.6 Å². The average molecular weight is 541 g/mol. The van der Waals surface area contributed by atoms with Crippen LogP contribution in [0.5, 0.6) is 0 Å². The summed E-state index contributed by atoms with van der Waals surface area (Å²) in [5.41, 5.74) is 13.1. The van der Waals surface area contributed by atoms with Crippen molar-refractivity contribution in [2.45, 2.75) is 19.3 Å². The minimum absolute atomic E-state index is 0.143. The molecule has 4 nitrogen and oxygen atoms in total. The molecule has 0 amide bonds. The van der Waals surface area contributed by atoms with Gasteiger partial charge in [0.05, 0.1) is 28.3 Å². The van der Waals surface area contributed by atoms with Crippen molar-refractivity contribution in [3.8, 4) is 50.7 Å². The molecule has 0 unspecified atom stereocenters. The van der Waals surface area contributed by atoms with E-state index in [1.54, 1.807) is 0 Å². The van der Waals surface area contributed by atoms with Gasteiger partial charge in [0.25, 0.3) is 0 Å². The molecule has 1 aliphatic rings. The number of pyridine rings is 3. The van der Waals surface area contributed by atoms with E-state index >= 15 is 0 Å². The van der Waals surface area contributed by atoms with Crippen molar-refractivity contribution in [1.29, 1.82) is 0 Å². The average Bonchev–Trinajstić information content (AvgIpc) is 3.52. The minimum Gasteiger partial charge on any atom is -0.312 e. The van der Waals surface area contributed by atoms with Crippen molar-refractivity contribution >= 4 is 10.9 Å². The normalized spacial score (nSPS) is 13.2. The first-order valence-electron chi connectivity index (χ1n) is 14.3. The largest absolute Gasteiger partial charge is 0.312 e. The molecule has 4 heterocycles. The lowest BCUT2D eigenvalue weighted by atomic mass is 9.85. The summed E-state index contributed by atoms with van der Waals surface area (Å²) in [4.78, 5) is 14.2. The van der Waals surface area contributed by atoms with Gasteiger partial charge in [-0.2, -0.15) is 0 Å². The van der Waals surface area contributed by atoms with Gasteiger partial charge in [-0.25, -0.2) is 4.98 Å². The molecule has 0 atom stereocenters. The smallest absolute Gasteiger partial charge is 0.0900 e. The van der Waals surface area contributed by atoms with Gasteiger partial charge >= 0.3 is 0 Å². The molecule has 4 aromatic heterocycles. The Morgan fingerprint density at radius 3 is 1.88 bits per heavy atom. The fourth-order valence-electron chi connectivity index (χ4n) is 6.54. The fourth-order valence-corrected chi connectivity index (χ4v) is 6.54. The van der Waals surface area contributed by atoms with Crippen LogP contribution in [0.15, 0.2) is 134 Å². The molecule has 0 aliphatic heterocycles. The Bertz CT molecular complexity index is 2040. The maximum Gasteiger partial charge on any atom is 0.0900 e. The Balaban J connectivity index is 1.40. The second kappa shape index (κ2) is 9.35. The number of para-hydroxylation sites is 1. The highest BCUT2D eigenvalue weighted by atomic mass is 15.0. The summed E-state index contributed by atoms with van der Waals surface area (Å²) in [5.74, 6) is 0. The zero-order valence-electron chi connectivity index (χ0n) is 23.5. The summed E-state index contributed by atoms with van der Waals surface area (Å²) in [6.07, 6.45) is 3.62. The van der Waals surface area contributed by atoms with E-state index in [1.807, 2.05) is 48.8 Å². The second-order valence-corrected chi connectivity index (χ2v) is 11.4. The van der Waals surface area contributed by atoms with Crippen molar-refractivity contribution in [3.63, 3.8) is 0 Å². The number of rotatable bonds is 4. The summed E-state index contributed by atoms with van der Waals surface area (Å²) in [6, 6.07) is 42.6. The highest BCUT2D eigenvalue weighted by molar-refractivity contribution is 6.05. The van der Waals surface area contributed by atoms with Crippen LogP contribution >= 0.6 is 0 Å². The minimum atomic E-state index is -0.143. The summed E-state index contributed by atoms with van der Waals surface area (Å²) < 4.78 is 2.46. The fraction of sp³-hybridized carbons (Fsp3) is 0.0789. The van der Waals surface area contributed by atoms with Gasteiger partial charge < -0.3 is 4.57 Å². The highest BCUT2D eigenvalue weighted by Gasteiger charge is 2.40. The van der Waals surface area contributed by atoms with Crippen molar-refractivity contribution in [2.75, 3.05) is 0 Å². The molecular weight excluding hydrogens is 512 g/mol.